The molecule has 6 nitrogen and oxygen atoms in total. The third kappa shape index (κ3) is 4.27. The average Bonchev–Trinajstić information content (AvgIpc) is 3.14. The minimum atomic E-state index is -0.546. The Morgan fingerprint density at radius 3 is 2.44 bits per heavy atom. The summed E-state index contributed by atoms with van der Waals surface area (Å²) in [6, 6.07) is 17.8. The first-order valence-corrected chi connectivity index (χ1v) is 10.2. The molecule has 0 aromatic heterocycles. The Morgan fingerprint density at radius 2 is 1.75 bits per heavy atom. The van der Waals surface area contributed by atoms with Gasteiger partial charge in [0, 0.05) is 23.9 Å². The van der Waals surface area contributed by atoms with Gasteiger partial charge in [0.25, 0.3) is 5.91 Å². The second kappa shape index (κ2) is 9.09. The molecule has 0 saturated heterocycles. The summed E-state index contributed by atoms with van der Waals surface area (Å²) in [6.07, 6.45) is 0.0136. The number of carbonyl (C=O) groups is 2. The number of ether oxygens (including phenoxy) is 2. The highest BCUT2D eigenvalue weighted by Crippen LogP contribution is 2.34. The van der Waals surface area contributed by atoms with Crippen LogP contribution in [0.3, 0.4) is 0 Å². The molecule has 1 heterocycles. The summed E-state index contributed by atoms with van der Waals surface area (Å²) >= 11 is 0. The summed E-state index contributed by atoms with van der Waals surface area (Å²) in [7, 11) is 3.05. The average molecular weight is 434 g/mol. The summed E-state index contributed by atoms with van der Waals surface area (Å²) in [5.74, 6) is 0.239. The summed E-state index contributed by atoms with van der Waals surface area (Å²) in [4.78, 5) is 27.7. The predicted octanol–water partition coefficient (Wildman–Crippen LogP) is 4.57. The second-order valence-corrected chi connectivity index (χ2v) is 7.48. The van der Waals surface area contributed by atoms with E-state index in [1.54, 1.807) is 41.3 Å². The van der Waals surface area contributed by atoms with Crippen molar-refractivity contribution in [3.63, 3.8) is 0 Å². The fourth-order valence-electron chi connectivity index (χ4n) is 3.92. The molecule has 0 spiro atoms. The normalized spacial score (nSPS) is 13.5. The molecule has 1 atom stereocenters. The van der Waals surface area contributed by atoms with Crippen LogP contribution in [0.15, 0.2) is 66.7 Å². The van der Waals surface area contributed by atoms with Gasteiger partial charge in [0.05, 0.1) is 26.7 Å². The van der Waals surface area contributed by atoms with E-state index in [0.717, 1.165) is 5.56 Å². The van der Waals surface area contributed by atoms with Gasteiger partial charge in [0.15, 0.2) is 11.5 Å². The Balaban J connectivity index is 1.58. The number of halogens is 1. The second-order valence-electron chi connectivity index (χ2n) is 7.48. The smallest absolute Gasteiger partial charge is 0.255 e. The van der Waals surface area contributed by atoms with Crippen LogP contribution in [0.2, 0.25) is 0 Å². The Hall–Kier alpha value is -3.87. The fourth-order valence-corrected chi connectivity index (χ4v) is 3.92. The summed E-state index contributed by atoms with van der Waals surface area (Å²) in [6.45, 7) is 0.390. The molecule has 1 N–H and O–H groups in total. The van der Waals surface area contributed by atoms with E-state index >= 15 is 0 Å². The number of hydrogen-bond acceptors (Lipinski definition) is 4. The van der Waals surface area contributed by atoms with Crippen molar-refractivity contribution >= 4 is 17.5 Å². The number of amides is 2. The zero-order chi connectivity index (χ0) is 22.7. The largest absolute Gasteiger partial charge is 0.493 e. The van der Waals surface area contributed by atoms with Crippen molar-refractivity contribution in [2.24, 2.45) is 0 Å². The lowest BCUT2D eigenvalue weighted by Crippen LogP contribution is -2.32. The first-order valence-electron chi connectivity index (χ1n) is 10.2. The van der Waals surface area contributed by atoms with Gasteiger partial charge in [-0.05, 0) is 41.5 Å². The minimum Gasteiger partial charge on any atom is -0.493 e. The van der Waals surface area contributed by atoms with Gasteiger partial charge in [0.1, 0.15) is 5.82 Å². The van der Waals surface area contributed by atoms with Crippen LogP contribution in [0.25, 0.3) is 0 Å². The number of nitrogens with one attached hydrogen (secondary N) is 1. The van der Waals surface area contributed by atoms with Crippen molar-refractivity contribution in [3.8, 4) is 11.5 Å². The number of rotatable bonds is 7. The summed E-state index contributed by atoms with van der Waals surface area (Å²) in [5.41, 5.74) is 2.77. The van der Waals surface area contributed by atoms with E-state index in [9.17, 15) is 14.0 Å². The van der Waals surface area contributed by atoms with Crippen LogP contribution in [0, 0.1) is 5.82 Å². The van der Waals surface area contributed by atoms with Crippen LogP contribution in [-0.4, -0.2) is 30.9 Å². The molecule has 1 aliphatic heterocycles. The molecule has 1 aliphatic rings. The molecular formula is C25H23FN2O4. The van der Waals surface area contributed by atoms with E-state index in [-0.39, 0.29) is 24.1 Å². The van der Waals surface area contributed by atoms with E-state index < -0.39 is 6.04 Å². The molecule has 0 bridgehead atoms. The molecule has 0 radical (unpaired) electrons. The molecule has 32 heavy (non-hydrogen) atoms. The van der Waals surface area contributed by atoms with Crippen molar-refractivity contribution in [3.05, 3.63) is 89.2 Å². The third-order valence-electron chi connectivity index (χ3n) is 5.53. The van der Waals surface area contributed by atoms with E-state index in [1.165, 1.54) is 26.4 Å². The van der Waals surface area contributed by atoms with Gasteiger partial charge in [-0.3, -0.25) is 9.59 Å². The lowest BCUT2D eigenvalue weighted by Gasteiger charge is -2.28. The molecule has 0 saturated carbocycles. The number of methoxy groups -OCH3 is 2. The SMILES string of the molecule is COc1ccc(NC(=O)C[C@@H](c2ccc(F)cc2)N2Cc3ccccc3C2=O)cc1OC. The third-order valence-corrected chi connectivity index (χ3v) is 5.53. The number of carbonyl (C=O) groups excluding carboxylic acids is 2. The molecule has 4 rings (SSSR count). The molecule has 2 amide bonds. The fraction of sp³-hybridized carbons (Fsp3) is 0.200. The molecule has 164 valence electrons. The number of anilines is 1. The van der Waals surface area contributed by atoms with Crippen molar-refractivity contribution in [2.45, 2.75) is 19.0 Å². The zero-order valence-electron chi connectivity index (χ0n) is 17.8. The Labute approximate surface area is 185 Å². The van der Waals surface area contributed by atoms with Gasteiger partial charge in [0.2, 0.25) is 5.91 Å². The van der Waals surface area contributed by atoms with Crippen LogP contribution < -0.4 is 14.8 Å². The maximum Gasteiger partial charge on any atom is 0.255 e. The number of fused-ring (bicyclic) bond motifs is 1. The lowest BCUT2D eigenvalue weighted by molar-refractivity contribution is -0.117. The summed E-state index contributed by atoms with van der Waals surface area (Å²) < 4.78 is 24.0. The first kappa shape index (κ1) is 21.4. The highest BCUT2D eigenvalue weighted by molar-refractivity contribution is 5.99. The highest BCUT2D eigenvalue weighted by Gasteiger charge is 2.34. The van der Waals surface area contributed by atoms with Gasteiger partial charge in [-0.15, -0.1) is 0 Å². The van der Waals surface area contributed by atoms with Crippen LogP contribution in [0.4, 0.5) is 10.1 Å². The van der Waals surface area contributed by atoms with Crippen molar-refractivity contribution in [1.29, 1.82) is 0 Å². The molecule has 7 heteroatoms. The van der Waals surface area contributed by atoms with Crippen LogP contribution in [-0.2, 0) is 11.3 Å². The van der Waals surface area contributed by atoms with E-state index in [2.05, 4.69) is 5.32 Å². The maximum absolute atomic E-state index is 13.5. The number of nitrogens with zero attached hydrogens (tertiary/aromatic N) is 1. The number of benzene rings is 3. The molecule has 3 aromatic rings. The maximum atomic E-state index is 13.5. The highest BCUT2D eigenvalue weighted by atomic mass is 19.1. The van der Waals surface area contributed by atoms with Crippen molar-refractivity contribution in [1.82, 2.24) is 4.90 Å². The van der Waals surface area contributed by atoms with Gasteiger partial charge in [-0.1, -0.05) is 30.3 Å². The quantitative estimate of drug-likeness (QED) is 0.592. The van der Waals surface area contributed by atoms with Crippen LogP contribution in [0.1, 0.15) is 33.9 Å². The molecule has 0 aliphatic carbocycles. The van der Waals surface area contributed by atoms with E-state index in [4.69, 9.17) is 9.47 Å². The van der Waals surface area contributed by atoms with Gasteiger partial charge >= 0.3 is 0 Å². The van der Waals surface area contributed by atoms with E-state index in [1.807, 2.05) is 18.2 Å². The summed E-state index contributed by atoms with van der Waals surface area (Å²) in [5, 5.41) is 2.85. The standard InChI is InChI=1S/C25H23FN2O4/c1-31-22-12-11-19(13-23(22)32-2)27-24(29)14-21(16-7-9-18(26)10-8-16)28-15-17-5-3-4-6-20(17)25(28)30/h3-13,21H,14-15H2,1-2H3,(H,27,29)/t21-/m0/s1. The van der Waals surface area contributed by atoms with Crippen LogP contribution in [0.5, 0.6) is 11.5 Å². The molecule has 0 unspecified atom stereocenters. The van der Waals surface area contributed by atoms with Gasteiger partial charge in [-0.25, -0.2) is 4.39 Å². The van der Waals surface area contributed by atoms with Crippen molar-refractivity contribution in [2.75, 3.05) is 19.5 Å². The van der Waals surface area contributed by atoms with Gasteiger partial charge in [-0.2, -0.15) is 0 Å². The Morgan fingerprint density at radius 1 is 1.03 bits per heavy atom. The molecule has 3 aromatic carbocycles. The van der Waals surface area contributed by atoms with Crippen molar-refractivity contribution < 1.29 is 23.5 Å². The van der Waals surface area contributed by atoms with Gasteiger partial charge < -0.3 is 19.7 Å². The molecular weight excluding hydrogens is 411 g/mol. The van der Waals surface area contributed by atoms with Crippen LogP contribution >= 0.6 is 0 Å². The zero-order valence-corrected chi connectivity index (χ0v) is 17.8. The molecule has 0 fully saturated rings. The topological polar surface area (TPSA) is 67.9 Å². The predicted molar refractivity (Wildman–Crippen MR) is 118 cm³/mol. The lowest BCUT2D eigenvalue weighted by atomic mass is 10.0. The monoisotopic (exact) mass is 434 g/mol. The first-order chi connectivity index (χ1) is 15.5. The van der Waals surface area contributed by atoms with E-state index in [0.29, 0.717) is 34.9 Å². The number of hydrogen-bond donors (Lipinski definition) is 1. The Kier molecular flexibility index (Phi) is 6.07. The Bertz CT molecular complexity index is 1150. The minimum absolute atomic E-state index is 0.0136.